The predicted octanol–water partition coefficient (Wildman–Crippen LogP) is 3.93. The summed E-state index contributed by atoms with van der Waals surface area (Å²) >= 11 is 6.77. The first-order valence-electron chi connectivity index (χ1n) is 6.78. The Morgan fingerprint density at radius 3 is 2.61 bits per heavy atom. The number of nitrogens with zero attached hydrogens (tertiary/aromatic N) is 3. The quantitative estimate of drug-likeness (QED) is 0.500. The van der Waals surface area contributed by atoms with Gasteiger partial charge in [0.15, 0.2) is 0 Å². The normalized spacial score (nSPS) is 11.3. The van der Waals surface area contributed by atoms with Crippen molar-refractivity contribution in [3.63, 3.8) is 0 Å². The Morgan fingerprint density at radius 1 is 1.17 bits per heavy atom. The Hall–Kier alpha value is -1.99. The van der Waals surface area contributed by atoms with Gasteiger partial charge in [-0.15, -0.1) is 0 Å². The smallest absolute Gasteiger partial charge is 0.290 e. The summed E-state index contributed by atoms with van der Waals surface area (Å²) in [7, 11) is 0. The van der Waals surface area contributed by atoms with Crippen LogP contribution in [0.1, 0.15) is 21.7 Å². The van der Waals surface area contributed by atoms with Crippen molar-refractivity contribution in [2.24, 2.45) is 5.10 Å². The van der Waals surface area contributed by atoms with Gasteiger partial charge in [-0.1, -0.05) is 28.1 Å². The van der Waals surface area contributed by atoms with Crippen molar-refractivity contribution in [1.29, 1.82) is 0 Å². The third-order valence-electron chi connectivity index (χ3n) is 3.22. The van der Waals surface area contributed by atoms with Crippen molar-refractivity contribution in [1.82, 2.24) is 14.8 Å². The Balaban J connectivity index is 1.82. The lowest BCUT2D eigenvalue weighted by Crippen LogP contribution is -2.20. The zero-order chi connectivity index (χ0) is 16.4. The van der Waals surface area contributed by atoms with Gasteiger partial charge in [0.1, 0.15) is 11.3 Å². The summed E-state index contributed by atoms with van der Waals surface area (Å²) < 4.78 is 3.60. The first-order chi connectivity index (χ1) is 11.0. The fourth-order valence-corrected chi connectivity index (χ4v) is 2.78. The minimum absolute atomic E-state index is 0.304. The zero-order valence-electron chi connectivity index (χ0n) is 12.1. The second kappa shape index (κ2) is 6.64. The van der Waals surface area contributed by atoms with Crippen molar-refractivity contribution in [3.8, 4) is 0 Å². The number of fused-ring (bicyclic) bond motifs is 1. The summed E-state index contributed by atoms with van der Waals surface area (Å²) in [6.45, 7) is 1.80. The standard InChI is InChI=1S/C16H12Br2N4O/c1-10-15(22-9-13(18)6-7-14(22)20-10)16(23)21-19-8-11-2-4-12(17)5-3-11/h2-9H,1H3,(H,21,23)/b19-8-. The lowest BCUT2D eigenvalue weighted by molar-refractivity contribution is 0.0948. The highest BCUT2D eigenvalue weighted by molar-refractivity contribution is 9.10. The number of hydrogen-bond acceptors (Lipinski definition) is 3. The van der Waals surface area contributed by atoms with E-state index in [1.807, 2.05) is 42.6 Å². The molecule has 0 unspecified atom stereocenters. The van der Waals surface area contributed by atoms with E-state index < -0.39 is 0 Å². The minimum Gasteiger partial charge on any atom is -0.294 e. The Morgan fingerprint density at radius 2 is 1.87 bits per heavy atom. The van der Waals surface area contributed by atoms with Crippen LogP contribution in [0.2, 0.25) is 0 Å². The number of carbonyl (C=O) groups is 1. The number of imidazole rings is 1. The topological polar surface area (TPSA) is 58.8 Å². The van der Waals surface area contributed by atoms with Crippen LogP contribution in [0.4, 0.5) is 0 Å². The fourth-order valence-electron chi connectivity index (χ4n) is 2.18. The molecule has 3 aromatic rings. The molecule has 0 saturated heterocycles. The molecule has 0 bridgehead atoms. The summed E-state index contributed by atoms with van der Waals surface area (Å²) in [4.78, 5) is 16.8. The van der Waals surface area contributed by atoms with Crippen molar-refractivity contribution >= 4 is 49.6 Å². The number of aromatic nitrogens is 2. The van der Waals surface area contributed by atoms with Gasteiger partial charge >= 0.3 is 0 Å². The third kappa shape index (κ3) is 3.51. The molecular formula is C16H12Br2N4O. The molecule has 5 nitrogen and oxygen atoms in total. The molecule has 116 valence electrons. The van der Waals surface area contributed by atoms with Crippen molar-refractivity contribution in [3.05, 3.63) is 68.5 Å². The van der Waals surface area contributed by atoms with E-state index in [2.05, 4.69) is 47.4 Å². The molecule has 3 rings (SSSR count). The number of benzene rings is 1. The lowest BCUT2D eigenvalue weighted by Gasteiger charge is -2.02. The summed E-state index contributed by atoms with van der Waals surface area (Å²) in [6.07, 6.45) is 3.40. The maximum Gasteiger partial charge on any atom is 0.290 e. The average Bonchev–Trinajstić information content (AvgIpc) is 2.84. The highest BCUT2D eigenvalue weighted by Gasteiger charge is 2.16. The zero-order valence-corrected chi connectivity index (χ0v) is 15.3. The molecule has 2 aromatic heterocycles. The van der Waals surface area contributed by atoms with E-state index in [1.165, 1.54) is 0 Å². The second-order valence-electron chi connectivity index (χ2n) is 4.87. The summed E-state index contributed by atoms with van der Waals surface area (Å²) in [5, 5.41) is 4.00. The number of amides is 1. The molecule has 0 aliphatic heterocycles. The molecule has 0 aliphatic rings. The molecular weight excluding hydrogens is 424 g/mol. The van der Waals surface area contributed by atoms with Crippen LogP contribution >= 0.6 is 31.9 Å². The number of rotatable bonds is 3. The number of carbonyl (C=O) groups excluding carboxylic acids is 1. The van der Waals surface area contributed by atoms with Gasteiger partial charge in [0.05, 0.1) is 11.9 Å². The molecule has 1 aromatic carbocycles. The largest absolute Gasteiger partial charge is 0.294 e. The van der Waals surface area contributed by atoms with Crippen LogP contribution in [0, 0.1) is 6.92 Å². The third-order valence-corrected chi connectivity index (χ3v) is 4.22. The van der Waals surface area contributed by atoms with E-state index in [4.69, 9.17) is 0 Å². The van der Waals surface area contributed by atoms with Crippen LogP contribution < -0.4 is 5.43 Å². The first kappa shape index (κ1) is 15.9. The van der Waals surface area contributed by atoms with Crippen LogP contribution in [-0.2, 0) is 0 Å². The second-order valence-corrected chi connectivity index (χ2v) is 6.70. The van der Waals surface area contributed by atoms with E-state index in [0.29, 0.717) is 17.0 Å². The molecule has 0 saturated carbocycles. The molecule has 0 fully saturated rings. The SMILES string of the molecule is Cc1nc2ccc(Br)cn2c1C(=O)N/N=C\c1ccc(Br)cc1. The van der Waals surface area contributed by atoms with Gasteiger partial charge in [-0.05, 0) is 52.7 Å². The maximum absolute atomic E-state index is 12.4. The average molecular weight is 436 g/mol. The van der Waals surface area contributed by atoms with Crippen molar-refractivity contribution < 1.29 is 4.79 Å². The van der Waals surface area contributed by atoms with E-state index >= 15 is 0 Å². The monoisotopic (exact) mass is 434 g/mol. The van der Waals surface area contributed by atoms with Gasteiger partial charge in [-0.2, -0.15) is 5.10 Å². The van der Waals surface area contributed by atoms with E-state index in [-0.39, 0.29) is 5.91 Å². The van der Waals surface area contributed by atoms with Gasteiger partial charge in [0.2, 0.25) is 0 Å². The molecule has 0 atom stereocenters. The van der Waals surface area contributed by atoms with Gasteiger partial charge < -0.3 is 0 Å². The van der Waals surface area contributed by atoms with Gasteiger partial charge in [0, 0.05) is 15.1 Å². The molecule has 2 heterocycles. The predicted molar refractivity (Wildman–Crippen MR) is 96.8 cm³/mol. The number of aryl methyl sites for hydroxylation is 1. The van der Waals surface area contributed by atoms with Crippen molar-refractivity contribution in [2.45, 2.75) is 6.92 Å². The van der Waals surface area contributed by atoms with Gasteiger partial charge in [0.25, 0.3) is 5.91 Å². The Bertz CT molecular complexity index is 900. The first-order valence-corrected chi connectivity index (χ1v) is 8.36. The van der Waals surface area contributed by atoms with Crippen LogP contribution in [0.15, 0.2) is 56.6 Å². The minimum atomic E-state index is -0.304. The van der Waals surface area contributed by atoms with Crippen molar-refractivity contribution in [2.75, 3.05) is 0 Å². The number of pyridine rings is 1. The van der Waals surface area contributed by atoms with E-state index in [9.17, 15) is 4.79 Å². The fraction of sp³-hybridized carbons (Fsp3) is 0.0625. The summed E-state index contributed by atoms with van der Waals surface area (Å²) in [5.74, 6) is -0.304. The molecule has 0 radical (unpaired) electrons. The van der Waals surface area contributed by atoms with E-state index in [1.54, 1.807) is 17.5 Å². The Labute approximate surface area is 149 Å². The number of halogens is 2. The molecule has 1 N–H and O–H groups in total. The number of hydrogen-bond donors (Lipinski definition) is 1. The molecule has 7 heteroatoms. The molecule has 0 aliphatic carbocycles. The highest BCUT2D eigenvalue weighted by Crippen LogP contribution is 2.16. The number of nitrogens with one attached hydrogen (secondary N) is 1. The molecule has 23 heavy (non-hydrogen) atoms. The summed E-state index contributed by atoms with van der Waals surface area (Å²) in [5.41, 5.74) is 5.27. The van der Waals surface area contributed by atoms with Gasteiger partial charge in [-0.25, -0.2) is 10.4 Å². The van der Waals surface area contributed by atoms with E-state index in [0.717, 1.165) is 14.5 Å². The Kier molecular flexibility index (Phi) is 4.58. The van der Waals surface area contributed by atoms with Crippen LogP contribution in [0.3, 0.4) is 0 Å². The molecule has 1 amide bonds. The number of hydrazone groups is 1. The van der Waals surface area contributed by atoms with Crippen LogP contribution in [0.25, 0.3) is 5.65 Å². The summed E-state index contributed by atoms with van der Waals surface area (Å²) in [6, 6.07) is 11.4. The highest BCUT2D eigenvalue weighted by atomic mass is 79.9. The van der Waals surface area contributed by atoms with Crippen LogP contribution in [-0.4, -0.2) is 21.5 Å². The van der Waals surface area contributed by atoms with Gasteiger partial charge in [-0.3, -0.25) is 9.20 Å². The maximum atomic E-state index is 12.4. The lowest BCUT2D eigenvalue weighted by atomic mass is 10.2. The molecule has 0 spiro atoms. The van der Waals surface area contributed by atoms with Crippen LogP contribution in [0.5, 0.6) is 0 Å².